The number of nitrogens with zero attached hydrogens (tertiary/aromatic N) is 4. The molecule has 0 aliphatic carbocycles. The smallest absolute Gasteiger partial charge is 0.358 e. The second kappa shape index (κ2) is 5.87. The van der Waals surface area contributed by atoms with Gasteiger partial charge in [0.15, 0.2) is 15.5 Å². The van der Waals surface area contributed by atoms with Crippen LogP contribution in [-0.4, -0.2) is 52.3 Å². The number of carboxylic acid groups (broad SMARTS) is 1. The fourth-order valence-corrected chi connectivity index (χ4v) is 2.42. The van der Waals surface area contributed by atoms with E-state index in [9.17, 15) is 13.2 Å². The largest absolute Gasteiger partial charge is 0.476 e. The van der Waals surface area contributed by atoms with E-state index >= 15 is 0 Å². The first-order chi connectivity index (χ1) is 9.88. The summed E-state index contributed by atoms with van der Waals surface area (Å²) in [6.07, 6.45) is 3.88. The molecule has 112 valence electrons. The number of sulfone groups is 1. The van der Waals surface area contributed by atoms with Crippen molar-refractivity contribution in [2.24, 2.45) is 0 Å². The van der Waals surface area contributed by atoms with E-state index in [-0.39, 0.29) is 16.4 Å². The van der Waals surface area contributed by atoms with Gasteiger partial charge in [0.1, 0.15) is 10.7 Å². The van der Waals surface area contributed by atoms with E-state index in [1.165, 1.54) is 29.2 Å². The lowest BCUT2D eigenvalue weighted by Crippen LogP contribution is -2.14. The molecule has 2 N–H and O–H groups in total. The molecule has 0 aliphatic heterocycles. The van der Waals surface area contributed by atoms with E-state index in [1.54, 1.807) is 0 Å². The molecule has 0 bridgehead atoms. The third-order valence-electron chi connectivity index (χ3n) is 2.56. The highest BCUT2D eigenvalue weighted by molar-refractivity contribution is 7.90. The summed E-state index contributed by atoms with van der Waals surface area (Å²) in [4.78, 5) is 14.7. The quantitative estimate of drug-likeness (QED) is 0.756. The maximum atomic E-state index is 11.6. The molecule has 2 aromatic rings. The SMILES string of the molecule is CS(=O)(=O)c1cccnc1NCCn1cc(C(=O)O)nn1. The Kier molecular flexibility index (Phi) is 4.17. The van der Waals surface area contributed by atoms with Crippen molar-refractivity contribution in [2.75, 3.05) is 18.1 Å². The van der Waals surface area contributed by atoms with E-state index in [0.29, 0.717) is 13.1 Å². The Morgan fingerprint density at radius 1 is 1.48 bits per heavy atom. The van der Waals surface area contributed by atoms with Crippen LogP contribution in [-0.2, 0) is 16.4 Å². The molecule has 2 rings (SSSR count). The lowest BCUT2D eigenvalue weighted by Gasteiger charge is -2.09. The summed E-state index contributed by atoms with van der Waals surface area (Å²) < 4.78 is 24.5. The second-order valence-corrected chi connectivity index (χ2v) is 6.21. The summed E-state index contributed by atoms with van der Waals surface area (Å²) in [5.41, 5.74) is -0.148. The molecule has 0 aliphatic rings. The van der Waals surface area contributed by atoms with Crippen LogP contribution in [0.2, 0.25) is 0 Å². The number of aromatic nitrogens is 4. The number of anilines is 1. The van der Waals surface area contributed by atoms with Gasteiger partial charge in [-0.3, -0.25) is 0 Å². The molecule has 0 aromatic carbocycles. The van der Waals surface area contributed by atoms with E-state index in [0.717, 1.165) is 6.26 Å². The maximum Gasteiger partial charge on any atom is 0.358 e. The minimum atomic E-state index is -3.37. The van der Waals surface area contributed by atoms with Crippen LogP contribution in [0, 0.1) is 0 Å². The minimum absolute atomic E-state index is 0.106. The molecule has 0 saturated heterocycles. The van der Waals surface area contributed by atoms with Crippen molar-refractivity contribution < 1.29 is 18.3 Å². The van der Waals surface area contributed by atoms with E-state index in [4.69, 9.17) is 5.11 Å². The lowest BCUT2D eigenvalue weighted by atomic mass is 10.4. The predicted octanol–water partition coefficient (Wildman–Crippen LogP) is -0.113. The number of carbonyl (C=O) groups is 1. The number of nitrogens with one attached hydrogen (secondary N) is 1. The highest BCUT2D eigenvalue weighted by atomic mass is 32.2. The van der Waals surface area contributed by atoms with Gasteiger partial charge in [0.05, 0.1) is 12.7 Å². The summed E-state index contributed by atoms with van der Waals surface area (Å²) in [6, 6.07) is 3.00. The molecule has 0 unspecified atom stereocenters. The summed E-state index contributed by atoms with van der Waals surface area (Å²) in [5.74, 6) is -0.906. The molecule has 0 fully saturated rings. The fraction of sp³-hybridized carbons (Fsp3) is 0.273. The van der Waals surface area contributed by atoms with Crippen molar-refractivity contribution in [2.45, 2.75) is 11.4 Å². The zero-order valence-electron chi connectivity index (χ0n) is 11.1. The van der Waals surface area contributed by atoms with E-state index < -0.39 is 15.8 Å². The summed E-state index contributed by atoms with van der Waals surface area (Å²) in [5, 5.41) is 18.7. The number of hydrogen-bond acceptors (Lipinski definition) is 7. The van der Waals surface area contributed by atoms with Crippen LogP contribution < -0.4 is 5.32 Å². The van der Waals surface area contributed by atoms with Crippen LogP contribution >= 0.6 is 0 Å². The highest BCUT2D eigenvalue weighted by Gasteiger charge is 2.13. The minimum Gasteiger partial charge on any atom is -0.476 e. The number of carboxylic acids is 1. The van der Waals surface area contributed by atoms with Gasteiger partial charge in [0, 0.05) is 19.0 Å². The normalized spacial score (nSPS) is 11.3. The Balaban J connectivity index is 2.02. The first-order valence-corrected chi connectivity index (χ1v) is 7.79. The summed E-state index contributed by atoms with van der Waals surface area (Å²) in [6.45, 7) is 0.641. The molecule has 10 heteroatoms. The van der Waals surface area contributed by atoms with Gasteiger partial charge < -0.3 is 10.4 Å². The van der Waals surface area contributed by atoms with Crippen molar-refractivity contribution >= 4 is 21.6 Å². The Labute approximate surface area is 120 Å². The van der Waals surface area contributed by atoms with Crippen LogP contribution in [0.4, 0.5) is 5.82 Å². The molecule has 0 amide bonds. The van der Waals surface area contributed by atoms with Crippen molar-refractivity contribution in [3.63, 3.8) is 0 Å². The number of aromatic carboxylic acids is 1. The molecule has 9 nitrogen and oxygen atoms in total. The molecule has 0 radical (unpaired) electrons. The maximum absolute atomic E-state index is 11.6. The Morgan fingerprint density at radius 3 is 2.86 bits per heavy atom. The van der Waals surface area contributed by atoms with Crippen LogP contribution in [0.3, 0.4) is 0 Å². The monoisotopic (exact) mass is 311 g/mol. The lowest BCUT2D eigenvalue weighted by molar-refractivity contribution is 0.0690. The fourth-order valence-electron chi connectivity index (χ4n) is 1.62. The Morgan fingerprint density at radius 2 is 2.24 bits per heavy atom. The molecular formula is C11H13N5O4S. The standard InChI is InChI=1S/C11H13N5O4S/c1-21(19,20)9-3-2-4-12-10(9)13-5-6-16-7-8(11(17)18)14-15-16/h2-4,7H,5-6H2,1H3,(H,12,13)(H,17,18). The molecule has 21 heavy (non-hydrogen) atoms. The van der Waals surface area contributed by atoms with E-state index in [1.807, 2.05) is 0 Å². The second-order valence-electron chi connectivity index (χ2n) is 4.22. The average molecular weight is 311 g/mol. The van der Waals surface area contributed by atoms with Gasteiger partial charge in [-0.2, -0.15) is 0 Å². The zero-order chi connectivity index (χ0) is 15.5. The van der Waals surface area contributed by atoms with Crippen LogP contribution in [0.5, 0.6) is 0 Å². The highest BCUT2D eigenvalue weighted by Crippen LogP contribution is 2.17. The molecule has 0 saturated carbocycles. The third-order valence-corrected chi connectivity index (χ3v) is 3.69. The van der Waals surface area contributed by atoms with Gasteiger partial charge in [-0.15, -0.1) is 5.10 Å². The van der Waals surface area contributed by atoms with Crippen LogP contribution in [0.15, 0.2) is 29.4 Å². The van der Waals surface area contributed by atoms with Crippen molar-refractivity contribution in [1.82, 2.24) is 20.0 Å². The van der Waals surface area contributed by atoms with Gasteiger partial charge in [-0.1, -0.05) is 5.21 Å². The molecular weight excluding hydrogens is 298 g/mol. The number of pyridine rings is 1. The number of hydrogen-bond donors (Lipinski definition) is 2. The Hall–Kier alpha value is -2.49. The average Bonchev–Trinajstić information content (AvgIpc) is 2.87. The summed E-state index contributed by atoms with van der Waals surface area (Å²) in [7, 11) is -3.37. The third kappa shape index (κ3) is 3.75. The topological polar surface area (TPSA) is 127 Å². The summed E-state index contributed by atoms with van der Waals surface area (Å²) >= 11 is 0. The van der Waals surface area contributed by atoms with Crippen molar-refractivity contribution in [3.05, 3.63) is 30.2 Å². The van der Waals surface area contributed by atoms with Crippen molar-refractivity contribution in [3.8, 4) is 0 Å². The molecule has 2 aromatic heterocycles. The van der Waals surface area contributed by atoms with Crippen LogP contribution in [0.25, 0.3) is 0 Å². The van der Waals surface area contributed by atoms with Gasteiger partial charge >= 0.3 is 5.97 Å². The van der Waals surface area contributed by atoms with Gasteiger partial charge in [-0.25, -0.2) is 22.9 Å². The van der Waals surface area contributed by atoms with Gasteiger partial charge in [-0.05, 0) is 12.1 Å². The molecule has 0 spiro atoms. The Bertz CT molecular complexity index is 755. The van der Waals surface area contributed by atoms with Gasteiger partial charge in [0.25, 0.3) is 0 Å². The first-order valence-electron chi connectivity index (χ1n) is 5.90. The van der Waals surface area contributed by atoms with Crippen LogP contribution in [0.1, 0.15) is 10.5 Å². The first kappa shape index (κ1) is 14.9. The van der Waals surface area contributed by atoms with E-state index in [2.05, 4.69) is 20.6 Å². The predicted molar refractivity (Wildman–Crippen MR) is 72.8 cm³/mol. The number of rotatable bonds is 6. The molecule has 2 heterocycles. The van der Waals surface area contributed by atoms with Gasteiger partial charge in [0.2, 0.25) is 0 Å². The zero-order valence-corrected chi connectivity index (χ0v) is 11.9. The molecule has 0 atom stereocenters. The van der Waals surface area contributed by atoms with Crippen molar-refractivity contribution in [1.29, 1.82) is 0 Å².